The van der Waals surface area contributed by atoms with Crippen LogP contribution in [-0.4, -0.2) is 14.7 Å². The van der Waals surface area contributed by atoms with Gasteiger partial charge in [0.25, 0.3) is 0 Å². The molecule has 1 N–H and O–H groups in total. The number of sulfone groups is 1. The molecular formula is C14H13Cl2NO2S. The van der Waals surface area contributed by atoms with E-state index in [1.807, 2.05) is 0 Å². The second kappa shape index (κ2) is 6.04. The molecule has 0 saturated carbocycles. The molecule has 3 nitrogen and oxygen atoms in total. The van der Waals surface area contributed by atoms with Gasteiger partial charge in [-0.2, -0.15) is 0 Å². The fourth-order valence-corrected chi connectivity index (χ4v) is 2.87. The molecule has 6 heteroatoms. The number of anilines is 1. The molecular weight excluding hydrogens is 317 g/mol. The van der Waals surface area contributed by atoms with E-state index in [0.717, 1.165) is 11.3 Å². The molecule has 0 aromatic heterocycles. The van der Waals surface area contributed by atoms with E-state index in [9.17, 15) is 8.42 Å². The molecule has 0 unspecified atom stereocenters. The topological polar surface area (TPSA) is 46.2 Å². The summed E-state index contributed by atoms with van der Waals surface area (Å²) in [6, 6.07) is 11.9. The van der Waals surface area contributed by atoms with Gasteiger partial charge in [0, 0.05) is 34.1 Å². The third-order valence-corrected chi connectivity index (χ3v) is 4.65. The van der Waals surface area contributed by atoms with Crippen LogP contribution in [0.15, 0.2) is 47.4 Å². The molecule has 0 aliphatic carbocycles. The van der Waals surface area contributed by atoms with Crippen LogP contribution in [0, 0.1) is 0 Å². The summed E-state index contributed by atoms with van der Waals surface area (Å²) in [5.41, 5.74) is 1.61. The van der Waals surface area contributed by atoms with Gasteiger partial charge in [0.2, 0.25) is 0 Å². The van der Waals surface area contributed by atoms with E-state index in [-0.39, 0.29) is 0 Å². The molecule has 2 rings (SSSR count). The van der Waals surface area contributed by atoms with Crippen LogP contribution >= 0.6 is 23.2 Å². The lowest BCUT2D eigenvalue weighted by Gasteiger charge is -2.10. The van der Waals surface area contributed by atoms with Crippen molar-refractivity contribution in [2.75, 3.05) is 11.6 Å². The van der Waals surface area contributed by atoms with Crippen molar-refractivity contribution in [1.29, 1.82) is 0 Å². The highest BCUT2D eigenvalue weighted by atomic mass is 35.5. The Labute approximate surface area is 128 Å². The number of hydrogen-bond acceptors (Lipinski definition) is 3. The lowest BCUT2D eigenvalue weighted by molar-refractivity contribution is 0.602. The SMILES string of the molecule is CS(=O)(=O)c1ccc(NCc2c(Cl)cccc2Cl)cc1. The Bertz CT molecular complexity index is 692. The van der Waals surface area contributed by atoms with Gasteiger partial charge in [0.15, 0.2) is 9.84 Å². The molecule has 0 aliphatic rings. The third-order valence-electron chi connectivity index (χ3n) is 2.81. The molecule has 0 saturated heterocycles. The Morgan fingerprint density at radius 2 is 1.55 bits per heavy atom. The minimum atomic E-state index is -3.17. The van der Waals surface area contributed by atoms with Gasteiger partial charge in [-0.3, -0.25) is 0 Å². The van der Waals surface area contributed by atoms with Crippen LogP contribution in [0.25, 0.3) is 0 Å². The highest BCUT2D eigenvalue weighted by Gasteiger charge is 2.07. The van der Waals surface area contributed by atoms with Crippen molar-refractivity contribution in [1.82, 2.24) is 0 Å². The zero-order valence-corrected chi connectivity index (χ0v) is 13.1. The zero-order chi connectivity index (χ0) is 14.8. The van der Waals surface area contributed by atoms with Crippen molar-refractivity contribution < 1.29 is 8.42 Å². The molecule has 0 radical (unpaired) electrons. The maximum absolute atomic E-state index is 11.4. The highest BCUT2D eigenvalue weighted by Crippen LogP contribution is 2.25. The first kappa shape index (κ1) is 15.2. The summed E-state index contributed by atoms with van der Waals surface area (Å²) in [6.07, 6.45) is 1.18. The second-order valence-corrected chi connectivity index (χ2v) is 7.18. The highest BCUT2D eigenvalue weighted by molar-refractivity contribution is 7.90. The molecule has 0 bridgehead atoms. The number of hydrogen-bond donors (Lipinski definition) is 1. The van der Waals surface area contributed by atoms with Gasteiger partial charge >= 0.3 is 0 Å². The molecule has 106 valence electrons. The molecule has 20 heavy (non-hydrogen) atoms. The number of benzene rings is 2. The Morgan fingerprint density at radius 3 is 2.05 bits per heavy atom. The molecule has 0 amide bonds. The van der Waals surface area contributed by atoms with E-state index in [0.29, 0.717) is 21.5 Å². The van der Waals surface area contributed by atoms with Crippen LogP contribution in [-0.2, 0) is 16.4 Å². The lowest BCUT2D eigenvalue weighted by Crippen LogP contribution is -2.02. The van der Waals surface area contributed by atoms with Gasteiger partial charge in [0.1, 0.15) is 0 Å². The first-order valence-corrected chi connectivity index (χ1v) is 8.49. The smallest absolute Gasteiger partial charge is 0.175 e. The monoisotopic (exact) mass is 329 g/mol. The Balaban J connectivity index is 2.12. The Morgan fingerprint density at radius 1 is 1.00 bits per heavy atom. The van der Waals surface area contributed by atoms with Crippen molar-refractivity contribution in [3.63, 3.8) is 0 Å². The summed E-state index contributed by atoms with van der Waals surface area (Å²) in [7, 11) is -3.17. The lowest BCUT2D eigenvalue weighted by atomic mass is 10.2. The number of halogens is 2. The van der Waals surface area contributed by atoms with E-state index in [1.165, 1.54) is 6.26 Å². The standard InChI is InChI=1S/C14H13Cl2NO2S/c1-20(18,19)11-7-5-10(6-8-11)17-9-12-13(15)3-2-4-14(12)16/h2-8,17H,9H2,1H3. The fraction of sp³-hybridized carbons (Fsp3) is 0.143. The zero-order valence-electron chi connectivity index (χ0n) is 10.7. The summed E-state index contributed by atoms with van der Waals surface area (Å²) in [5, 5.41) is 4.35. The second-order valence-electron chi connectivity index (χ2n) is 4.35. The van der Waals surface area contributed by atoms with Crippen LogP contribution < -0.4 is 5.32 Å². The average Bonchev–Trinajstić information content (AvgIpc) is 2.37. The number of rotatable bonds is 4. The van der Waals surface area contributed by atoms with Crippen molar-refractivity contribution >= 4 is 38.7 Å². The van der Waals surface area contributed by atoms with Gasteiger partial charge in [0.05, 0.1) is 4.90 Å². The van der Waals surface area contributed by atoms with Crippen molar-refractivity contribution in [3.8, 4) is 0 Å². The summed E-state index contributed by atoms with van der Waals surface area (Å²) in [6.45, 7) is 0.469. The largest absolute Gasteiger partial charge is 0.381 e. The maximum Gasteiger partial charge on any atom is 0.175 e. The quantitative estimate of drug-likeness (QED) is 0.921. The minimum absolute atomic E-state index is 0.291. The van der Waals surface area contributed by atoms with Crippen LogP contribution in [0.1, 0.15) is 5.56 Å². The Kier molecular flexibility index (Phi) is 4.58. The summed E-state index contributed by atoms with van der Waals surface area (Å²) in [5.74, 6) is 0. The van der Waals surface area contributed by atoms with Crippen molar-refractivity contribution in [3.05, 3.63) is 58.1 Å². The van der Waals surface area contributed by atoms with Crippen molar-refractivity contribution in [2.24, 2.45) is 0 Å². The fourth-order valence-electron chi connectivity index (χ4n) is 1.71. The predicted molar refractivity (Wildman–Crippen MR) is 83.3 cm³/mol. The van der Waals surface area contributed by atoms with Gasteiger partial charge < -0.3 is 5.32 Å². The van der Waals surface area contributed by atoms with E-state index < -0.39 is 9.84 Å². The van der Waals surface area contributed by atoms with E-state index in [1.54, 1.807) is 42.5 Å². The van der Waals surface area contributed by atoms with Crippen molar-refractivity contribution in [2.45, 2.75) is 11.4 Å². The summed E-state index contributed by atoms with van der Waals surface area (Å²) >= 11 is 12.2. The molecule has 0 heterocycles. The molecule has 0 aliphatic heterocycles. The maximum atomic E-state index is 11.4. The molecule has 0 fully saturated rings. The summed E-state index contributed by atoms with van der Waals surface area (Å²) < 4.78 is 22.7. The summed E-state index contributed by atoms with van der Waals surface area (Å²) in [4.78, 5) is 0.291. The predicted octanol–water partition coefficient (Wildman–Crippen LogP) is 4.01. The van der Waals surface area contributed by atoms with Gasteiger partial charge in [-0.25, -0.2) is 8.42 Å². The first-order valence-electron chi connectivity index (χ1n) is 5.85. The van der Waals surface area contributed by atoms with Gasteiger partial charge in [-0.05, 0) is 36.4 Å². The van der Waals surface area contributed by atoms with E-state index in [4.69, 9.17) is 23.2 Å². The minimum Gasteiger partial charge on any atom is -0.381 e. The van der Waals surface area contributed by atoms with Gasteiger partial charge in [-0.1, -0.05) is 29.3 Å². The van der Waals surface area contributed by atoms with Crippen LogP contribution in [0.3, 0.4) is 0 Å². The molecule has 0 atom stereocenters. The normalized spacial score (nSPS) is 11.3. The van der Waals surface area contributed by atoms with Crippen LogP contribution in [0.2, 0.25) is 10.0 Å². The third kappa shape index (κ3) is 3.66. The van der Waals surface area contributed by atoms with Gasteiger partial charge in [-0.15, -0.1) is 0 Å². The Hall–Kier alpha value is -1.23. The average molecular weight is 330 g/mol. The molecule has 2 aromatic rings. The van der Waals surface area contributed by atoms with Crippen LogP contribution in [0.4, 0.5) is 5.69 Å². The first-order chi connectivity index (χ1) is 9.38. The number of nitrogens with one attached hydrogen (secondary N) is 1. The van der Waals surface area contributed by atoms with E-state index >= 15 is 0 Å². The van der Waals surface area contributed by atoms with E-state index in [2.05, 4.69) is 5.32 Å². The van der Waals surface area contributed by atoms with Crippen LogP contribution in [0.5, 0.6) is 0 Å². The molecule has 2 aromatic carbocycles. The molecule has 0 spiro atoms.